The van der Waals surface area contributed by atoms with E-state index in [-0.39, 0.29) is 64.3 Å². The fourth-order valence-electron chi connectivity index (χ4n) is 8.68. The fraction of sp³-hybridized carbons (Fsp3) is 0.811. The zero-order chi connectivity index (χ0) is 53.6. The molecule has 23 heteroatoms. The number of hydrogen-bond acceptors (Lipinski definition) is 18. The quantitative estimate of drug-likeness (QED) is 0.0333. The smallest absolute Gasteiger partial charge is 0.333 e. The molecule has 0 spiro atoms. The first kappa shape index (κ1) is 70.3. The number of fused-ring (bicyclic) bond motifs is 2. The second-order valence-corrected chi connectivity index (χ2v) is 20.1. The molecule has 0 unspecified atom stereocenters. The Hall–Kier alpha value is -3.72. The van der Waals surface area contributed by atoms with Crippen molar-refractivity contribution in [2.45, 2.75) is 140 Å². The van der Waals surface area contributed by atoms with Crippen LogP contribution in [0, 0.1) is 24.7 Å². The first-order chi connectivity index (χ1) is 36.1. The Bertz CT molecular complexity index is 1710. The Morgan fingerprint density at radius 1 is 0.566 bits per heavy atom. The third-order valence-corrected chi connectivity index (χ3v) is 15.2. The first-order valence-electron chi connectivity index (χ1n) is 26.2. The third kappa shape index (κ3) is 27.7. The number of thioether (sulfide) groups is 2. The third-order valence-electron chi connectivity index (χ3n) is 12.2. The highest BCUT2D eigenvalue weighted by Crippen LogP contribution is 2.38. The lowest BCUT2D eigenvalue weighted by Crippen LogP contribution is -2.40. The van der Waals surface area contributed by atoms with E-state index in [2.05, 4.69) is 22.5 Å². The molecule has 4 N–H and O–H groups in total. The molecule has 5 heterocycles. The second-order valence-electron chi connectivity index (χ2n) is 17.6. The number of nitrogens with two attached hydrogens (primary N) is 1. The first-order valence-corrected chi connectivity index (χ1v) is 28.3. The Labute approximate surface area is 462 Å². The summed E-state index contributed by atoms with van der Waals surface area (Å²) in [7, 11) is 0. The molecule has 0 aliphatic carbocycles. The summed E-state index contributed by atoms with van der Waals surface area (Å²) in [4.78, 5) is 79.3. The monoisotopic (exact) mass is 1120 g/mol. The number of nitrogens with zero attached hydrogens (tertiary/aromatic N) is 3. The van der Waals surface area contributed by atoms with Crippen molar-refractivity contribution < 1.29 is 71.5 Å². The van der Waals surface area contributed by atoms with Crippen LogP contribution in [0.5, 0.6) is 0 Å². The van der Waals surface area contributed by atoms with Crippen molar-refractivity contribution in [2.75, 3.05) is 137 Å². The van der Waals surface area contributed by atoms with Gasteiger partial charge in [-0.2, -0.15) is 23.5 Å². The molecule has 0 aromatic heterocycles. The van der Waals surface area contributed by atoms with E-state index in [1.54, 1.807) is 0 Å². The Balaban J connectivity index is 0.000000597. The summed E-state index contributed by atoms with van der Waals surface area (Å²) in [5.41, 5.74) is 5.25. The van der Waals surface area contributed by atoms with Crippen LogP contribution in [0.4, 0.5) is 9.59 Å². The molecule has 0 aromatic rings. The van der Waals surface area contributed by atoms with E-state index < -0.39 is 17.8 Å². The number of Topliss-reactive ketones (excluding diaryl/α,β-unsaturated/α-hetero) is 1. The lowest BCUT2D eigenvalue weighted by Gasteiger charge is -2.26. The number of likely N-dealkylation sites (N-methyl/N-ethyl adjacent to an activating group) is 2. The highest BCUT2D eigenvalue weighted by atomic mass is 32.2. The molecule has 0 saturated carbocycles. The number of carbonyl (C=O) groups excluding carboxylic acids is 6. The van der Waals surface area contributed by atoms with Gasteiger partial charge >= 0.3 is 18.0 Å². The van der Waals surface area contributed by atoms with Gasteiger partial charge in [0.1, 0.15) is 19.0 Å². The maximum Gasteiger partial charge on any atom is 0.333 e. The minimum absolute atomic E-state index is 0. The topological polar surface area (TPSA) is 245 Å². The van der Waals surface area contributed by atoms with Gasteiger partial charge in [-0.15, -0.1) is 17.9 Å². The van der Waals surface area contributed by atoms with Crippen molar-refractivity contribution in [3.05, 3.63) is 0 Å². The summed E-state index contributed by atoms with van der Waals surface area (Å²) in [6, 6.07) is 1.16. The molecule has 5 saturated heterocycles. The van der Waals surface area contributed by atoms with E-state index >= 15 is 0 Å². The fourth-order valence-corrected chi connectivity index (χ4v) is 11.9. The number of unbranched alkanes of at least 4 members (excludes halogenated alkanes) is 2. The normalized spacial score (nSPS) is 21.0. The predicted octanol–water partition coefficient (Wildman–Crippen LogP) is 4.46. The van der Waals surface area contributed by atoms with Gasteiger partial charge in [0.15, 0.2) is 0 Å². The van der Waals surface area contributed by atoms with Gasteiger partial charge in [-0.1, -0.05) is 39.5 Å². The van der Waals surface area contributed by atoms with Gasteiger partial charge in [0.25, 0.3) is 11.8 Å². The molecule has 76 heavy (non-hydrogen) atoms. The number of terminal acetylenes is 2. The maximum atomic E-state index is 12.1. The number of hydroxylamine groups is 2. The molecule has 436 valence electrons. The minimum Gasteiger partial charge on any atom is -0.379 e. The van der Waals surface area contributed by atoms with Crippen LogP contribution in [0.3, 0.4) is 0 Å². The molecule has 0 bridgehead atoms. The van der Waals surface area contributed by atoms with Crippen LogP contribution in [-0.2, 0) is 61.9 Å². The van der Waals surface area contributed by atoms with E-state index in [1.165, 1.54) is 0 Å². The van der Waals surface area contributed by atoms with Gasteiger partial charge in [-0.25, -0.2) is 14.4 Å². The molecule has 5 fully saturated rings. The minimum atomic E-state index is -0.548. The SMILES string of the molecule is C.C.C#CCOCCOCCOCCOCCCC(=O)CCCC[C@@H]1SC[C@@H]2NC(=O)N(CC)[C@@H]21.C#CCOCCOCCOCCOCCN.CCN1C(=O)N[C@H]2CS[C@@H](CCCCC(=O)ON3C(=O)CCC3=O)[C@H]21. The van der Waals surface area contributed by atoms with Gasteiger partial charge in [0.05, 0.1) is 110 Å². The zero-order valence-corrected chi connectivity index (χ0v) is 45.4. The number of rotatable bonds is 39. The molecule has 0 aromatic carbocycles. The Morgan fingerprint density at radius 2 is 0.947 bits per heavy atom. The zero-order valence-electron chi connectivity index (χ0n) is 43.8. The number of nitrogens with one attached hydrogen (secondary N) is 2. The van der Waals surface area contributed by atoms with Crippen LogP contribution in [0.25, 0.3) is 0 Å². The molecule has 5 aliphatic heterocycles. The number of carbonyl (C=O) groups is 6. The summed E-state index contributed by atoms with van der Waals surface area (Å²) in [6.45, 7) is 14.2. The van der Waals surface area contributed by atoms with Gasteiger partial charge in [0.2, 0.25) is 0 Å². The summed E-state index contributed by atoms with van der Waals surface area (Å²) in [5.74, 6) is 5.56. The van der Waals surface area contributed by atoms with E-state index in [9.17, 15) is 28.8 Å². The number of amides is 6. The maximum absolute atomic E-state index is 12.1. The van der Waals surface area contributed by atoms with Crippen LogP contribution in [0.2, 0.25) is 0 Å². The summed E-state index contributed by atoms with van der Waals surface area (Å²) < 4.78 is 42.0. The van der Waals surface area contributed by atoms with E-state index in [4.69, 9.17) is 61.3 Å². The number of hydrogen-bond donors (Lipinski definition) is 3. The lowest BCUT2D eigenvalue weighted by atomic mass is 10.0. The number of ketones is 1. The highest BCUT2D eigenvalue weighted by Gasteiger charge is 2.48. The van der Waals surface area contributed by atoms with E-state index in [1.807, 2.05) is 47.2 Å². The highest BCUT2D eigenvalue weighted by molar-refractivity contribution is 8.00. The number of urea groups is 2. The van der Waals surface area contributed by atoms with Gasteiger partial charge in [-0.3, -0.25) is 14.4 Å². The standard InChI is InChI=1S/C24H40N2O6S.C16H23N3O5S.C11H21NO4.2CH4/c1-3-11-29-13-15-31-17-18-32-16-14-30-12-7-9-20(27)8-5-6-10-22-23-21(19-33-22)25-24(28)26(23)4-2;1-2-18-15-10(17-16(18)23)9-25-11(15)5-3-4-6-14(22)24-19-12(20)7-8-13(19)21;1-2-4-13-6-8-15-10-11-16-9-7-14-5-3-12;;/h1,21-23H,4-19H2,2H3,(H,25,28);10-11,15H,2-9H2,1H3,(H,17,23);1H,3-12H2;2*1H4/t21-,22-,23-;10-,11-,15-;;;/m00.../s1. The van der Waals surface area contributed by atoms with Crippen molar-refractivity contribution in [3.63, 3.8) is 0 Å². The molecule has 0 radical (unpaired) electrons. The van der Waals surface area contributed by atoms with Crippen molar-refractivity contribution in [2.24, 2.45) is 5.73 Å². The number of ether oxygens (including phenoxy) is 8. The predicted molar refractivity (Wildman–Crippen MR) is 295 cm³/mol. The average molecular weight is 1120 g/mol. The largest absolute Gasteiger partial charge is 0.379 e. The van der Waals surface area contributed by atoms with Crippen molar-refractivity contribution >= 4 is 59.2 Å². The summed E-state index contributed by atoms with van der Waals surface area (Å²) in [6.07, 6.45) is 17.8. The van der Waals surface area contributed by atoms with Crippen LogP contribution in [0.1, 0.15) is 106 Å². The van der Waals surface area contributed by atoms with Gasteiger partial charge in [-0.05, 0) is 46.0 Å². The summed E-state index contributed by atoms with van der Waals surface area (Å²) in [5, 5.41) is 7.57. The molecule has 5 rings (SSSR count). The average Bonchev–Trinajstić information content (AvgIpc) is 4.21. The molecule has 6 atom stereocenters. The van der Waals surface area contributed by atoms with Crippen LogP contribution in [-0.4, -0.2) is 222 Å². The Morgan fingerprint density at radius 3 is 1.36 bits per heavy atom. The molecule has 5 aliphatic rings. The molecule has 21 nitrogen and oxygen atoms in total. The van der Waals surface area contributed by atoms with Crippen molar-refractivity contribution in [3.8, 4) is 24.7 Å². The van der Waals surface area contributed by atoms with Crippen molar-refractivity contribution in [1.82, 2.24) is 25.5 Å². The van der Waals surface area contributed by atoms with Gasteiger partial charge < -0.3 is 68.9 Å². The Kier molecular flexibility index (Phi) is 40.9. The molecular weight excluding hydrogens is 1020 g/mol. The van der Waals surface area contributed by atoms with E-state index in [0.29, 0.717) is 165 Å². The lowest BCUT2D eigenvalue weighted by molar-refractivity contribution is -0.197. The molecule has 6 amide bonds. The van der Waals surface area contributed by atoms with E-state index in [0.717, 1.165) is 56.6 Å². The van der Waals surface area contributed by atoms with Crippen LogP contribution < -0.4 is 16.4 Å². The van der Waals surface area contributed by atoms with Gasteiger partial charge in [0, 0.05) is 80.4 Å². The number of imide groups is 1. The van der Waals surface area contributed by atoms with Crippen LogP contribution >= 0.6 is 23.5 Å². The molecular formula is C53H92N6O15S2. The summed E-state index contributed by atoms with van der Waals surface area (Å²) >= 11 is 3.83. The van der Waals surface area contributed by atoms with Crippen LogP contribution in [0.15, 0.2) is 0 Å². The van der Waals surface area contributed by atoms with Crippen molar-refractivity contribution in [1.29, 1.82) is 0 Å². The second kappa shape index (κ2) is 44.2.